The van der Waals surface area contributed by atoms with Crippen LogP contribution in [0.25, 0.3) is 6.08 Å². The topological polar surface area (TPSA) is 80.6 Å². The van der Waals surface area contributed by atoms with Gasteiger partial charge in [0.25, 0.3) is 5.91 Å². The molecule has 6 nitrogen and oxygen atoms in total. The summed E-state index contributed by atoms with van der Waals surface area (Å²) in [5.74, 6) is 3.02. The predicted octanol–water partition coefficient (Wildman–Crippen LogP) is 3.57. The highest BCUT2D eigenvalue weighted by atomic mass is 16.5. The number of ether oxygens (including phenoxy) is 1. The molecule has 1 aromatic heterocycles. The van der Waals surface area contributed by atoms with E-state index < -0.39 is 0 Å². The van der Waals surface area contributed by atoms with Crippen LogP contribution in [0.15, 0.2) is 46.9 Å². The molecule has 1 aliphatic carbocycles. The second kappa shape index (κ2) is 8.58. The Kier molecular flexibility index (Phi) is 5.96. The van der Waals surface area contributed by atoms with E-state index in [0.717, 1.165) is 5.76 Å². The first kappa shape index (κ1) is 18.8. The molecular weight excluding hydrogens is 344 g/mol. The Hall–Kier alpha value is -3.02. The molecule has 0 aliphatic heterocycles. The number of likely N-dealkylation sites (N-methyl/N-ethyl adjacent to an activating group) is 1. The molecule has 2 unspecified atom stereocenters. The molecule has 2 atom stereocenters. The molecule has 1 aliphatic rings. The van der Waals surface area contributed by atoms with E-state index in [2.05, 4.69) is 17.6 Å². The van der Waals surface area contributed by atoms with Crippen molar-refractivity contribution < 1.29 is 18.7 Å². The van der Waals surface area contributed by atoms with Crippen molar-refractivity contribution in [2.24, 2.45) is 5.92 Å². The van der Waals surface area contributed by atoms with Gasteiger partial charge < -0.3 is 19.8 Å². The fraction of sp³-hybridized carbons (Fsp3) is 0.333. The van der Waals surface area contributed by atoms with Crippen LogP contribution in [0.3, 0.4) is 0 Å². The van der Waals surface area contributed by atoms with E-state index in [-0.39, 0.29) is 18.4 Å². The van der Waals surface area contributed by atoms with Gasteiger partial charge in [-0.3, -0.25) is 9.59 Å². The van der Waals surface area contributed by atoms with Gasteiger partial charge in [-0.25, -0.2) is 0 Å². The highest BCUT2D eigenvalue weighted by molar-refractivity contribution is 6.01. The molecule has 1 saturated carbocycles. The van der Waals surface area contributed by atoms with Crippen LogP contribution in [0.5, 0.6) is 5.75 Å². The Morgan fingerprint density at radius 1 is 1.22 bits per heavy atom. The maximum atomic E-state index is 12.0. The Bertz CT molecular complexity index is 823. The lowest BCUT2D eigenvalue weighted by Gasteiger charge is -2.07. The molecule has 0 bridgehead atoms. The molecule has 0 spiro atoms. The molecule has 2 amide bonds. The molecule has 1 fully saturated rings. The van der Waals surface area contributed by atoms with E-state index in [9.17, 15) is 9.59 Å². The zero-order valence-electron chi connectivity index (χ0n) is 15.5. The average molecular weight is 368 g/mol. The summed E-state index contributed by atoms with van der Waals surface area (Å²) in [7, 11) is 0. The number of amides is 2. The number of benzene rings is 1. The second-order valence-corrected chi connectivity index (χ2v) is 6.65. The zero-order valence-corrected chi connectivity index (χ0v) is 15.5. The van der Waals surface area contributed by atoms with Crippen LogP contribution in [0.2, 0.25) is 0 Å². The molecule has 1 heterocycles. The van der Waals surface area contributed by atoms with Crippen molar-refractivity contribution in [1.29, 1.82) is 0 Å². The number of carbonyl (C=O) groups is 2. The fourth-order valence-electron chi connectivity index (χ4n) is 2.75. The maximum absolute atomic E-state index is 12.0. The minimum absolute atomic E-state index is 0.0347. The van der Waals surface area contributed by atoms with Crippen molar-refractivity contribution in [3.05, 3.63) is 54.0 Å². The first-order valence-corrected chi connectivity index (χ1v) is 9.13. The van der Waals surface area contributed by atoms with Crippen molar-refractivity contribution >= 4 is 23.6 Å². The SMILES string of the molecule is CCNC(=O)COc1ccc(NC(=O)/C=C/c2ccc(C3CC3C)o2)cc1. The molecule has 27 heavy (non-hydrogen) atoms. The first-order chi connectivity index (χ1) is 13.0. The van der Waals surface area contributed by atoms with Crippen molar-refractivity contribution in [2.45, 2.75) is 26.2 Å². The van der Waals surface area contributed by atoms with Crippen LogP contribution in [-0.4, -0.2) is 25.0 Å². The number of nitrogens with one attached hydrogen (secondary N) is 2. The van der Waals surface area contributed by atoms with E-state index in [4.69, 9.17) is 9.15 Å². The Labute approximate surface area is 158 Å². The molecular formula is C21H24N2O4. The Morgan fingerprint density at radius 2 is 1.96 bits per heavy atom. The van der Waals surface area contributed by atoms with Gasteiger partial charge in [0, 0.05) is 24.2 Å². The van der Waals surface area contributed by atoms with Gasteiger partial charge >= 0.3 is 0 Å². The lowest BCUT2D eigenvalue weighted by atomic mass is 10.3. The summed E-state index contributed by atoms with van der Waals surface area (Å²) in [6, 6.07) is 10.7. The van der Waals surface area contributed by atoms with E-state index in [1.54, 1.807) is 30.3 Å². The van der Waals surface area contributed by atoms with Crippen LogP contribution < -0.4 is 15.4 Å². The van der Waals surface area contributed by atoms with Gasteiger partial charge in [0.1, 0.15) is 17.3 Å². The smallest absolute Gasteiger partial charge is 0.257 e. The van der Waals surface area contributed by atoms with Gasteiger partial charge in [-0.15, -0.1) is 0 Å². The van der Waals surface area contributed by atoms with Crippen LogP contribution in [0, 0.1) is 5.92 Å². The Morgan fingerprint density at radius 3 is 2.63 bits per heavy atom. The number of furan rings is 1. The molecule has 0 saturated heterocycles. The van der Waals surface area contributed by atoms with Crippen LogP contribution >= 0.6 is 0 Å². The van der Waals surface area contributed by atoms with Gasteiger partial charge in [0.05, 0.1) is 0 Å². The predicted molar refractivity (Wildman–Crippen MR) is 104 cm³/mol. The van der Waals surface area contributed by atoms with Gasteiger partial charge in [-0.2, -0.15) is 0 Å². The molecule has 3 rings (SSSR count). The normalized spacial score (nSPS) is 18.3. The molecule has 6 heteroatoms. The highest BCUT2D eigenvalue weighted by Gasteiger charge is 2.36. The molecule has 1 aromatic carbocycles. The summed E-state index contributed by atoms with van der Waals surface area (Å²) < 4.78 is 11.1. The van der Waals surface area contributed by atoms with Crippen molar-refractivity contribution in [2.75, 3.05) is 18.5 Å². The Balaban J connectivity index is 1.47. The zero-order chi connectivity index (χ0) is 19.2. The minimum Gasteiger partial charge on any atom is -0.484 e. The summed E-state index contributed by atoms with van der Waals surface area (Å²) in [4.78, 5) is 23.4. The van der Waals surface area contributed by atoms with Crippen molar-refractivity contribution in [3.8, 4) is 5.75 Å². The number of carbonyl (C=O) groups excluding carboxylic acids is 2. The summed E-state index contributed by atoms with van der Waals surface area (Å²) in [6.07, 6.45) is 4.27. The molecule has 0 radical (unpaired) electrons. The number of rotatable bonds is 8. The lowest BCUT2D eigenvalue weighted by molar-refractivity contribution is -0.123. The van der Waals surface area contributed by atoms with Gasteiger partial charge in [-0.05, 0) is 61.7 Å². The largest absolute Gasteiger partial charge is 0.484 e. The molecule has 2 N–H and O–H groups in total. The summed E-state index contributed by atoms with van der Waals surface area (Å²) in [5, 5.41) is 5.43. The van der Waals surface area contributed by atoms with Crippen LogP contribution in [0.1, 0.15) is 37.7 Å². The lowest BCUT2D eigenvalue weighted by Crippen LogP contribution is -2.28. The standard InChI is InChI=1S/C21H24N2O4/c1-3-22-21(25)13-26-16-6-4-15(5-7-16)23-20(24)11-9-17-8-10-19(27-17)18-12-14(18)2/h4-11,14,18H,3,12-13H2,1-2H3,(H,22,25)(H,23,24)/b11-9+. The minimum atomic E-state index is -0.247. The quantitative estimate of drug-likeness (QED) is 0.698. The van der Waals surface area contributed by atoms with Gasteiger partial charge in [0.2, 0.25) is 5.91 Å². The summed E-state index contributed by atoms with van der Waals surface area (Å²) >= 11 is 0. The molecule has 142 valence electrons. The maximum Gasteiger partial charge on any atom is 0.257 e. The van der Waals surface area contributed by atoms with Gasteiger partial charge in [-0.1, -0.05) is 6.92 Å². The summed E-state index contributed by atoms with van der Waals surface area (Å²) in [5.41, 5.74) is 0.641. The van der Waals surface area contributed by atoms with Crippen molar-refractivity contribution in [1.82, 2.24) is 5.32 Å². The summed E-state index contributed by atoms with van der Waals surface area (Å²) in [6.45, 7) is 4.58. The molecule has 2 aromatic rings. The van der Waals surface area contributed by atoms with E-state index in [1.165, 1.54) is 12.5 Å². The van der Waals surface area contributed by atoms with Gasteiger partial charge in [0.15, 0.2) is 6.61 Å². The third-order valence-corrected chi connectivity index (χ3v) is 4.39. The third-order valence-electron chi connectivity index (χ3n) is 4.39. The number of anilines is 1. The number of hydrogen-bond donors (Lipinski definition) is 2. The van der Waals surface area contributed by atoms with Crippen LogP contribution in [0.4, 0.5) is 5.69 Å². The first-order valence-electron chi connectivity index (χ1n) is 9.13. The highest BCUT2D eigenvalue weighted by Crippen LogP contribution is 2.47. The monoisotopic (exact) mass is 368 g/mol. The van der Waals surface area contributed by atoms with E-state index >= 15 is 0 Å². The average Bonchev–Trinajstić information content (AvgIpc) is 3.19. The third kappa shape index (κ3) is 5.48. The van der Waals surface area contributed by atoms with E-state index in [0.29, 0.717) is 35.6 Å². The second-order valence-electron chi connectivity index (χ2n) is 6.65. The fourth-order valence-corrected chi connectivity index (χ4v) is 2.75. The number of hydrogen-bond acceptors (Lipinski definition) is 4. The van der Waals surface area contributed by atoms with Crippen LogP contribution in [-0.2, 0) is 9.59 Å². The van der Waals surface area contributed by atoms with Crippen molar-refractivity contribution in [3.63, 3.8) is 0 Å². The van der Waals surface area contributed by atoms with E-state index in [1.807, 2.05) is 19.1 Å².